The topological polar surface area (TPSA) is 66.5 Å². The fourth-order valence-corrected chi connectivity index (χ4v) is 4.25. The van der Waals surface area contributed by atoms with Crippen molar-refractivity contribution >= 4 is 45.7 Å². The van der Waals surface area contributed by atoms with E-state index in [-0.39, 0.29) is 36.6 Å². The number of carbonyl (C=O) groups excluding carboxylic acids is 3. The molecule has 1 fully saturated rings. The van der Waals surface area contributed by atoms with E-state index in [9.17, 15) is 14.4 Å². The molecule has 1 saturated heterocycles. The van der Waals surface area contributed by atoms with E-state index in [1.54, 1.807) is 6.08 Å². The average molecular weight is 417 g/mol. The van der Waals surface area contributed by atoms with Crippen molar-refractivity contribution < 1.29 is 14.4 Å². The zero-order valence-electron chi connectivity index (χ0n) is 16.2. The lowest BCUT2D eigenvalue weighted by Crippen LogP contribution is -2.37. The molecule has 0 aliphatic carbocycles. The molecule has 6 heteroatoms. The quantitative estimate of drug-likeness (QED) is 0.611. The number of benzene rings is 3. The summed E-state index contributed by atoms with van der Waals surface area (Å²) in [6.45, 7) is 0.373. The van der Waals surface area contributed by atoms with Gasteiger partial charge in [-0.1, -0.05) is 72.8 Å². The predicted molar refractivity (Wildman–Crippen MR) is 120 cm³/mol. The van der Waals surface area contributed by atoms with Gasteiger partial charge < -0.3 is 5.32 Å². The number of hydrogen-bond acceptors (Lipinski definition) is 4. The van der Waals surface area contributed by atoms with Gasteiger partial charge in [-0.05, 0) is 39.7 Å². The molecule has 0 aromatic heterocycles. The molecule has 0 radical (unpaired) electrons. The molecule has 1 aliphatic rings. The van der Waals surface area contributed by atoms with Gasteiger partial charge >= 0.3 is 0 Å². The second-order valence-corrected chi connectivity index (χ2v) is 7.90. The molecule has 0 saturated carbocycles. The monoisotopic (exact) mass is 416 g/mol. The third kappa shape index (κ3) is 4.44. The molecule has 0 unspecified atom stereocenters. The normalized spacial score (nSPS) is 15.2. The van der Waals surface area contributed by atoms with Crippen LogP contribution in [0.1, 0.15) is 11.1 Å². The Hall–Kier alpha value is -3.38. The summed E-state index contributed by atoms with van der Waals surface area (Å²) in [5, 5.41) is 4.64. The maximum atomic E-state index is 12.5. The third-order valence-corrected chi connectivity index (χ3v) is 5.77. The van der Waals surface area contributed by atoms with Gasteiger partial charge in [0.05, 0.1) is 11.3 Å². The summed E-state index contributed by atoms with van der Waals surface area (Å²) >= 11 is 0.925. The van der Waals surface area contributed by atoms with Crippen molar-refractivity contribution in [3.63, 3.8) is 0 Å². The Morgan fingerprint density at radius 2 is 1.67 bits per heavy atom. The molecule has 0 bridgehead atoms. The van der Waals surface area contributed by atoms with Crippen molar-refractivity contribution in [2.75, 3.05) is 13.1 Å². The number of carbonyl (C=O) groups is 3. The minimum Gasteiger partial charge on any atom is -0.354 e. The number of imide groups is 1. The van der Waals surface area contributed by atoms with Gasteiger partial charge in [-0.2, -0.15) is 0 Å². The summed E-state index contributed by atoms with van der Waals surface area (Å²) in [6, 6.07) is 23.2. The van der Waals surface area contributed by atoms with Crippen molar-refractivity contribution in [3.8, 4) is 0 Å². The molecule has 1 N–H and O–H groups in total. The van der Waals surface area contributed by atoms with Crippen LogP contribution in [0.25, 0.3) is 16.8 Å². The predicted octanol–water partition coefficient (Wildman–Crippen LogP) is 4.24. The average Bonchev–Trinajstić information content (AvgIpc) is 3.02. The maximum Gasteiger partial charge on any atom is 0.293 e. The number of hydrogen-bond donors (Lipinski definition) is 1. The van der Waals surface area contributed by atoms with E-state index in [1.165, 1.54) is 4.90 Å². The molecule has 3 amide bonds. The lowest BCUT2D eigenvalue weighted by Gasteiger charge is -2.13. The van der Waals surface area contributed by atoms with E-state index < -0.39 is 0 Å². The SMILES string of the molecule is O=C(Cc1cccc2ccccc12)NCCN1C(=O)S/C(=C/c2ccccc2)C1=O. The van der Waals surface area contributed by atoms with Gasteiger partial charge in [-0.15, -0.1) is 0 Å². The molecule has 5 nitrogen and oxygen atoms in total. The first-order chi connectivity index (χ1) is 14.6. The van der Waals surface area contributed by atoms with Crippen LogP contribution in [0.3, 0.4) is 0 Å². The highest BCUT2D eigenvalue weighted by Crippen LogP contribution is 2.31. The molecule has 1 heterocycles. The Kier molecular flexibility index (Phi) is 5.95. The van der Waals surface area contributed by atoms with E-state index in [4.69, 9.17) is 0 Å². The van der Waals surface area contributed by atoms with Crippen LogP contribution in [0.4, 0.5) is 4.79 Å². The minimum absolute atomic E-state index is 0.141. The zero-order valence-corrected chi connectivity index (χ0v) is 17.0. The number of nitrogens with zero attached hydrogens (tertiary/aromatic N) is 1. The molecule has 30 heavy (non-hydrogen) atoms. The first-order valence-corrected chi connectivity index (χ1v) is 10.5. The van der Waals surface area contributed by atoms with Gasteiger partial charge in [0.1, 0.15) is 0 Å². The van der Waals surface area contributed by atoms with Crippen LogP contribution in [0, 0.1) is 0 Å². The van der Waals surface area contributed by atoms with E-state index in [0.717, 1.165) is 33.7 Å². The Morgan fingerprint density at radius 1 is 0.933 bits per heavy atom. The summed E-state index contributed by atoms with van der Waals surface area (Å²) in [7, 11) is 0. The van der Waals surface area contributed by atoms with Crippen LogP contribution in [-0.4, -0.2) is 35.0 Å². The van der Waals surface area contributed by atoms with E-state index in [0.29, 0.717) is 4.91 Å². The van der Waals surface area contributed by atoms with Crippen molar-refractivity contribution in [1.29, 1.82) is 0 Å². The number of amides is 3. The third-order valence-electron chi connectivity index (χ3n) is 4.86. The molecule has 150 valence electrons. The molecule has 0 atom stereocenters. The van der Waals surface area contributed by atoms with Gasteiger partial charge in [-0.25, -0.2) is 0 Å². The van der Waals surface area contributed by atoms with Crippen LogP contribution in [0.2, 0.25) is 0 Å². The van der Waals surface area contributed by atoms with Crippen LogP contribution < -0.4 is 5.32 Å². The van der Waals surface area contributed by atoms with Crippen LogP contribution in [-0.2, 0) is 16.0 Å². The van der Waals surface area contributed by atoms with E-state index in [1.807, 2.05) is 72.8 Å². The first kappa shape index (κ1) is 19.9. The smallest absolute Gasteiger partial charge is 0.293 e. The molecule has 3 aromatic carbocycles. The molecule has 4 rings (SSSR count). The fraction of sp³-hybridized carbons (Fsp3) is 0.125. The largest absolute Gasteiger partial charge is 0.354 e. The maximum absolute atomic E-state index is 12.5. The van der Waals surface area contributed by atoms with Crippen LogP contribution >= 0.6 is 11.8 Å². The first-order valence-electron chi connectivity index (χ1n) is 9.65. The highest BCUT2D eigenvalue weighted by atomic mass is 32.2. The molecule has 0 spiro atoms. The molecular formula is C24H20N2O3S. The molecule has 3 aromatic rings. The lowest BCUT2D eigenvalue weighted by molar-refractivity contribution is -0.124. The summed E-state index contributed by atoms with van der Waals surface area (Å²) < 4.78 is 0. The summed E-state index contributed by atoms with van der Waals surface area (Å²) in [5.41, 5.74) is 1.81. The standard InChI is InChI=1S/C24H20N2O3S/c27-22(16-19-11-6-10-18-9-4-5-12-20(18)19)25-13-14-26-23(28)21(30-24(26)29)15-17-7-2-1-3-8-17/h1-12,15H,13-14,16H2,(H,25,27)/b21-15+. The number of thioether (sulfide) groups is 1. The Morgan fingerprint density at radius 3 is 2.50 bits per heavy atom. The molecular weight excluding hydrogens is 396 g/mol. The van der Waals surface area contributed by atoms with Gasteiger partial charge in [0.15, 0.2) is 0 Å². The van der Waals surface area contributed by atoms with Gasteiger partial charge in [0, 0.05) is 13.1 Å². The number of rotatable bonds is 6. The minimum atomic E-state index is -0.322. The Balaban J connectivity index is 1.34. The van der Waals surface area contributed by atoms with E-state index >= 15 is 0 Å². The lowest BCUT2D eigenvalue weighted by atomic mass is 10.0. The van der Waals surface area contributed by atoms with Crippen molar-refractivity contribution in [2.24, 2.45) is 0 Å². The van der Waals surface area contributed by atoms with Gasteiger partial charge in [-0.3, -0.25) is 19.3 Å². The van der Waals surface area contributed by atoms with Crippen molar-refractivity contribution in [1.82, 2.24) is 10.2 Å². The second-order valence-electron chi connectivity index (χ2n) is 6.91. The van der Waals surface area contributed by atoms with Crippen molar-refractivity contribution in [3.05, 3.63) is 88.8 Å². The highest BCUT2D eigenvalue weighted by Gasteiger charge is 2.34. The van der Waals surface area contributed by atoms with Crippen LogP contribution in [0.5, 0.6) is 0 Å². The fourth-order valence-electron chi connectivity index (χ4n) is 3.38. The van der Waals surface area contributed by atoms with Gasteiger partial charge in [0.25, 0.3) is 11.1 Å². The van der Waals surface area contributed by atoms with Gasteiger partial charge in [0.2, 0.25) is 5.91 Å². The Bertz CT molecular complexity index is 1140. The Labute approximate surface area is 178 Å². The zero-order chi connectivity index (χ0) is 20.9. The second kappa shape index (κ2) is 8.97. The summed E-state index contributed by atoms with van der Waals surface area (Å²) in [6.07, 6.45) is 1.96. The number of fused-ring (bicyclic) bond motifs is 1. The van der Waals surface area contributed by atoms with E-state index in [2.05, 4.69) is 5.32 Å². The summed E-state index contributed by atoms with van der Waals surface area (Å²) in [5.74, 6) is -0.463. The van der Waals surface area contributed by atoms with Crippen molar-refractivity contribution in [2.45, 2.75) is 6.42 Å². The van der Waals surface area contributed by atoms with Crippen LogP contribution in [0.15, 0.2) is 77.7 Å². The molecule has 1 aliphatic heterocycles. The summed E-state index contributed by atoms with van der Waals surface area (Å²) in [4.78, 5) is 38.7. The number of nitrogens with one attached hydrogen (secondary N) is 1. The highest BCUT2D eigenvalue weighted by molar-refractivity contribution is 8.18.